The van der Waals surface area contributed by atoms with Gasteiger partial charge in [-0.15, -0.1) is 0 Å². The number of likely N-dealkylation sites (tertiary alicyclic amines) is 1. The number of alkyl carbamates (subject to hydrolysis) is 1. The molecule has 0 saturated carbocycles. The molecule has 1 aromatic rings. The normalized spacial score (nSPS) is 20.6. The van der Waals surface area contributed by atoms with Gasteiger partial charge in [0.2, 0.25) is 0 Å². The van der Waals surface area contributed by atoms with Crippen molar-refractivity contribution in [2.45, 2.75) is 58.4 Å². The lowest BCUT2D eigenvalue weighted by molar-refractivity contribution is 0.0235. The van der Waals surface area contributed by atoms with Crippen molar-refractivity contribution in [1.29, 1.82) is 0 Å². The number of carbonyl (C=O) groups is 2. The van der Waals surface area contributed by atoms with Crippen LogP contribution in [0.15, 0.2) is 30.3 Å². The first kappa shape index (κ1) is 18.1. The highest BCUT2D eigenvalue weighted by Gasteiger charge is 2.35. The van der Waals surface area contributed by atoms with Gasteiger partial charge >= 0.3 is 12.2 Å². The largest absolute Gasteiger partial charge is 0.445 e. The van der Waals surface area contributed by atoms with Crippen molar-refractivity contribution in [2.75, 3.05) is 6.54 Å². The van der Waals surface area contributed by atoms with Crippen LogP contribution in [0.2, 0.25) is 0 Å². The Labute approximate surface area is 143 Å². The maximum Gasteiger partial charge on any atom is 0.410 e. The van der Waals surface area contributed by atoms with Gasteiger partial charge in [-0.25, -0.2) is 9.59 Å². The second-order valence-electron chi connectivity index (χ2n) is 7.12. The van der Waals surface area contributed by atoms with Gasteiger partial charge in [0.1, 0.15) is 12.2 Å². The van der Waals surface area contributed by atoms with Gasteiger partial charge < -0.3 is 19.7 Å². The SMILES string of the molecule is C[C@@H]1C[C@@H](NC(=O)OCc2ccccc2)CN1C(=O)OC(C)(C)C. The summed E-state index contributed by atoms with van der Waals surface area (Å²) in [6, 6.07) is 9.39. The first-order chi connectivity index (χ1) is 11.2. The third-order valence-electron chi connectivity index (χ3n) is 3.74. The average molecular weight is 334 g/mol. The maximum absolute atomic E-state index is 12.2. The van der Waals surface area contributed by atoms with Crippen LogP contribution >= 0.6 is 0 Å². The summed E-state index contributed by atoms with van der Waals surface area (Å²) in [5, 5.41) is 2.82. The van der Waals surface area contributed by atoms with Crippen molar-refractivity contribution in [3.8, 4) is 0 Å². The summed E-state index contributed by atoms with van der Waals surface area (Å²) in [4.78, 5) is 25.7. The van der Waals surface area contributed by atoms with Crippen LogP contribution in [-0.4, -0.2) is 41.3 Å². The van der Waals surface area contributed by atoms with Crippen molar-refractivity contribution in [3.05, 3.63) is 35.9 Å². The predicted octanol–water partition coefficient (Wildman–Crippen LogP) is 3.31. The molecule has 2 atom stereocenters. The lowest BCUT2D eigenvalue weighted by atomic mass is 10.2. The molecular weight excluding hydrogens is 308 g/mol. The molecule has 6 heteroatoms. The van der Waals surface area contributed by atoms with E-state index in [9.17, 15) is 9.59 Å². The molecule has 24 heavy (non-hydrogen) atoms. The van der Waals surface area contributed by atoms with E-state index in [1.807, 2.05) is 58.0 Å². The maximum atomic E-state index is 12.2. The summed E-state index contributed by atoms with van der Waals surface area (Å²) in [5.74, 6) is 0. The molecular formula is C18H26N2O4. The fourth-order valence-corrected chi connectivity index (χ4v) is 2.64. The summed E-state index contributed by atoms with van der Waals surface area (Å²) < 4.78 is 10.6. The zero-order chi connectivity index (χ0) is 17.7. The number of amides is 2. The van der Waals surface area contributed by atoms with Gasteiger partial charge in [0.05, 0.1) is 6.04 Å². The Balaban J connectivity index is 1.79. The molecule has 0 spiro atoms. The van der Waals surface area contributed by atoms with Gasteiger partial charge in [0.25, 0.3) is 0 Å². The molecule has 0 aromatic heterocycles. The van der Waals surface area contributed by atoms with E-state index in [1.54, 1.807) is 4.90 Å². The van der Waals surface area contributed by atoms with Crippen molar-refractivity contribution in [3.63, 3.8) is 0 Å². The van der Waals surface area contributed by atoms with E-state index in [4.69, 9.17) is 9.47 Å². The Morgan fingerprint density at radius 3 is 2.54 bits per heavy atom. The van der Waals surface area contributed by atoms with Crippen LogP contribution in [-0.2, 0) is 16.1 Å². The molecule has 2 amide bonds. The Hall–Kier alpha value is -2.24. The minimum atomic E-state index is -0.531. The molecule has 0 aliphatic carbocycles. The Kier molecular flexibility index (Phi) is 5.70. The van der Waals surface area contributed by atoms with Gasteiger partial charge in [0, 0.05) is 12.6 Å². The lowest BCUT2D eigenvalue weighted by Gasteiger charge is -2.26. The van der Waals surface area contributed by atoms with Crippen LogP contribution in [0.1, 0.15) is 39.7 Å². The second-order valence-corrected chi connectivity index (χ2v) is 7.12. The summed E-state index contributed by atoms with van der Waals surface area (Å²) in [5.41, 5.74) is 0.402. The first-order valence-corrected chi connectivity index (χ1v) is 8.21. The second kappa shape index (κ2) is 7.55. The molecule has 0 unspecified atom stereocenters. The zero-order valence-corrected chi connectivity index (χ0v) is 14.7. The number of hydrogen-bond donors (Lipinski definition) is 1. The number of nitrogens with one attached hydrogen (secondary N) is 1. The number of nitrogens with zero attached hydrogens (tertiary/aromatic N) is 1. The molecule has 1 N–H and O–H groups in total. The van der Waals surface area contributed by atoms with Crippen LogP contribution in [0, 0.1) is 0 Å². The van der Waals surface area contributed by atoms with Gasteiger partial charge in [-0.3, -0.25) is 0 Å². The molecule has 6 nitrogen and oxygen atoms in total. The third-order valence-corrected chi connectivity index (χ3v) is 3.74. The minimum absolute atomic E-state index is 0.0132. The molecule has 0 radical (unpaired) electrons. The lowest BCUT2D eigenvalue weighted by Crippen LogP contribution is -2.41. The molecule has 132 valence electrons. The highest BCUT2D eigenvalue weighted by atomic mass is 16.6. The van der Waals surface area contributed by atoms with Crippen molar-refractivity contribution in [2.24, 2.45) is 0 Å². The van der Waals surface area contributed by atoms with Crippen molar-refractivity contribution in [1.82, 2.24) is 10.2 Å². The van der Waals surface area contributed by atoms with Gasteiger partial charge in [-0.05, 0) is 39.7 Å². The Bertz CT molecular complexity index is 568. The van der Waals surface area contributed by atoms with Crippen molar-refractivity contribution >= 4 is 12.2 Å². The van der Waals surface area contributed by atoms with Gasteiger partial charge in [0.15, 0.2) is 0 Å². The number of rotatable bonds is 3. The van der Waals surface area contributed by atoms with Gasteiger partial charge in [-0.1, -0.05) is 30.3 Å². The van der Waals surface area contributed by atoms with E-state index in [1.165, 1.54) is 0 Å². The number of benzene rings is 1. The molecule has 1 aromatic carbocycles. The van der Waals surface area contributed by atoms with E-state index >= 15 is 0 Å². The average Bonchev–Trinajstić information content (AvgIpc) is 2.85. The van der Waals surface area contributed by atoms with Crippen LogP contribution in [0.4, 0.5) is 9.59 Å². The van der Waals surface area contributed by atoms with Crippen LogP contribution in [0.5, 0.6) is 0 Å². The molecule has 1 fully saturated rings. The number of ether oxygens (including phenoxy) is 2. The number of hydrogen-bond acceptors (Lipinski definition) is 4. The Morgan fingerprint density at radius 1 is 1.25 bits per heavy atom. The van der Waals surface area contributed by atoms with Crippen LogP contribution < -0.4 is 5.32 Å². The Morgan fingerprint density at radius 2 is 1.92 bits per heavy atom. The summed E-state index contributed by atoms with van der Waals surface area (Å²) >= 11 is 0. The highest BCUT2D eigenvalue weighted by molar-refractivity contribution is 5.70. The molecule has 0 bridgehead atoms. The molecule has 1 heterocycles. The standard InChI is InChI=1S/C18H26N2O4/c1-13-10-15(11-20(13)17(22)24-18(2,3)4)19-16(21)23-12-14-8-6-5-7-9-14/h5-9,13,15H,10-12H2,1-4H3,(H,19,21)/t13-,15-/m1/s1. The monoisotopic (exact) mass is 334 g/mol. The predicted molar refractivity (Wildman–Crippen MR) is 90.6 cm³/mol. The topological polar surface area (TPSA) is 67.9 Å². The zero-order valence-electron chi connectivity index (χ0n) is 14.7. The van der Waals surface area contributed by atoms with Crippen LogP contribution in [0.25, 0.3) is 0 Å². The number of carbonyl (C=O) groups excluding carboxylic acids is 2. The van der Waals surface area contributed by atoms with E-state index in [-0.39, 0.29) is 24.8 Å². The molecule has 1 aliphatic heterocycles. The molecule has 1 aliphatic rings. The molecule has 1 saturated heterocycles. The van der Waals surface area contributed by atoms with Crippen LogP contribution in [0.3, 0.4) is 0 Å². The fraction of sp³-hybridized carbons (Fsp3) is 0.556. The first-order valence-electron chi connectivity index (χ1n) is 8.21. The van der Waals surface area contributed by atoms with E-state index in [0.717, 1.165) is 5.56 Å². The van der Waals surface area contributed by atoms with E-state index < -0.39 is 11.7 Å². The third kappa shape index (κ3) is 5.44. The van der Waals surface area contributed by atoms with E-state index in [0.29, 0.717) is 13.0 Å². The van der Waals surface area contributed by atoms with Crippen molar-refractivity contribution < 1.29 is 19.1 Å². The minimum Gasteiger partial charge on any atom is -0.445 e. The van der Waals surface area contributed by atoms with Gasteiger partial charge in [-0.2, -0.15) is 0 Å². The fourth-order valence-electron chi connectivity index (χ4n) is 2.64. The smallest absolute Gasteiger partial charge is 0.410 e. The molecule has 2 rings (SSSR count). The summed E-state index contributed by atoms with van der Waals surface area (Å²) in [7, 11) is 0. The van der Waals surface area contributed by atoms with E-state index in [2.05, 4.69) is 5.32 Å². The summed E-state index contributed by atoms with van der Waals surface area (Å²) in [6.45, 7) is 8.11. The quantitative estimate of drug-likeness (QED) is 0.921. The highest BCUT2D eigenvalue weighted by Crippen LogP contribution is 2.21. The summed E-state index contributed by atoms with van der Waals surface area (Å²) in [6.07, 6.45) is -0.140.